The maximum Gasteiger partial charge on any atom is 0.0771 e. The molecule has 6 fully saturated rings. The molecular weight excluding hydrogens is 382 g/mol. The van der Waals surface area contributed by atoms with E-state index in [1.54, 1.807) is 7.11 Å². The molecule has 5 saturated carbocycles. The predicted octanol–water partition coefficient (Wildman–Crippen LogP) is 1.53. The lowest BCUT2D eigenvalue weighted by atomic mass is 9.43. The van der Waals surface area contributed by atoms with Gasteiger partial charge < -0.3 is 24.4 Å². The number of fused-ring (bicyclic) bond motifs is 2. The molecule has 6 rings (SSSR count). The molecule has 1 heterocycles. The van der Waals surface area contributed by atoms with Gasteiger partial charge in [0.2, 0.25) is 0 Å². The molecule has 6 heteroatoms. The second-order valence-corrected chi connectivity index (χ2v) is 11.4. The molecular formula is C24H39NO5. The highest BCUT2D eigenvalue weighted by molar-refractivity contribution is 5.33. The lowest BCUT2D eigenvalue weighted by molar-refractivity contribution is -0.277. The number of hydrogen-bond donors (Lipinski definition) is 2. The first-order chi connectivity index (χ1) is 14.5. The average Bonchev–Trinajstić information content (AvgIpc) is 3.22. The molecule has 6 nitrogen and oxygen atoms in total. The maximum absolute atomic E-state index is 12.5. The zero-order valence-electron chi connectivity index (χ0n) is 18.9. The van der Waals surface area contributed by atoms with Crippen LogP contribution < -0.4 is 0 Å². The van der Waals surface area contributed by atoms with Gasteiger partial charge in [0, 0.05) is 68.9 Å². The van der Waals surface area contributed by atoms with Gasteiger partial charge in [-0.15, -0.1) is 0 Å². The third-order valence-corrected chi connectivity index (χ3v) is 11.3. The normalized spacial score (nSPS) is 60.8. The summed E-state index contributed by atoms with van der Waals surface area (Å²) in [7, 11) is 5.50. The molecule has 12 atom stereocenters. The van der Waals surface area contributed by atoms with Gasteiger partial charge in [-0.05, 0) is 44.1 Å². The highest BCUT2D eigenvalue weighted by Gasteiger charge is 2.83. The Kier molecular flexibility index (Phi) is 4.36. The zero-order valence-corrected chi connectivity index (χ0v) is 18.9. The van der Waals surface area contributed by atoms with Gasteiger partial charge in [-0.3, -0.25) is 4.90 Å². The summed E-state index contributed by atoms with van der Waals surface area (Å²) in [5, 5.41) is 23.2. The topological polar surface area (TPSA) is 71.4 Å². The Labute approximate surface area is 180 Å². The van der Waals surface area contributed by atoms with Crippen molar-refractivity contribution in [3.63, 3.8) is 0 Å². The highest BCUT2D eigenvalue weighted by Crippen LogP contribution is 2.79. The van der Waals surface area contributed by atoms with E-state index < -0.39 is 5.60 Å². The summed E-state index contributed by atoms with van der Waals surface area (Å²) in [6.45, 7) is 4.42. The first kappa shape index (κ1) is 20.4. The minimum absolute atomic E-state index is 0.000283. The smallest absolute Gasteiger partial charge is 0.0771 e. The van der Waals surface area contributed by atoms with Crippen LogP contribution >= 0.6 is 0 Å². The number of methoxy groups -OCH3 is 3. The number of nitrogens with zero attached hydrogens (tertiary/aromatic N) is 1. The molecule has 5 aliphatic carbocycles. The Bertz CT molecular complexity index is 720. The summed E-state index contributed by atoms with van der Waals surface area (Å²) in [6, 6.07) is 0.329. The van der Waals surface area contributed by atoms with Crippen LogP contribution in [0, 0.1) is 40.4 Å². The van der Waals surface area contributed by atoms with Crippen molar-refractivity contribution in [2.75, 3.05) is 41.0 Å². The molecule has 4 unspecified atom stereocenters. The molecule has 0 aromatic heterocycles. The van der Waals surface area contributed by atoms with Gasteiger partial charge in [0.15, 0.2) is 0 Å². The van der Waals surface area contributed by atoms with E-state index in [1.165, 1.54) is 0 Å². The van der Waals surface area contributed by atoms with Crippen LogP contribution in [0.25, 0.3) is 0 Å². The van der Waals surface area contributed by atoms with Crippen LogP contribution in [0.4, 0.5) is 0 Å². The van der Waals surface area contributed by atoms with Crippen LogP contribution in [0.5, 0.6) is 0 Å². The summed E-state index contributed by atoms with van der Waals surface area (Å²) in [4.78, 5) is 2.62. The standard InChI is InChI=1S/C24H39NO5/c1-5-25-11-22(12-26)7-6-18(29-3)24-14-8-13-16(28-2)10-23(27,19(14)20(13)30-4)15(21(24)25)9-17(22)24/h13-21,26-27H,5-12H2,1-4H3/t13-,14?,15?,16+,17?,18+,19?,20+,21-,22+,23+,24-/m1/s1. The quantitative estimate of drug-likeness (QED) is 0.702. The molecule has 0 radical (unpaired) electrons. The molecule has 0 amide bonds. The Morgan fingerprint density at radius 3 is 2.50 bits per heavy atom. The van der Waals surface area contributed by atoms with Crippen LogP contribution in [0.3, 0.4) is 0 Å². The van der Waals surface area contributed by atoms with Gasteiger partial charge in [0.25, 0.3) is 0 Å². The zero-order chi connectivity index (χ0) is 21.1. The Morgan fingerprint density at radius 1 is 1.07 bits per heavy atom. The van der Waals surface area contributed by atoms with Gasteiger partial charge in [0.1, 0.15) is 0 Å². The number of aliphatic hydroxyl groups is 2. The summed E-state index contributed by atoms with van der Waals surface area (Å²) in [6.07, 6.45) is 5.11. The number of piperidine rings is 1. The fourth-order valence-electron chi connectivity index (χ4n) is 10.7. The second kappa shape index (κ2) is 6.42. The molecule has 1 aliphatic heterocycles. The summed E-state index contributed by atoms with van der Waals surface area (Å²) in [5.74, 6) is 1.46. The number of ether oxygens (including phenoxy) is 3. The highest BCUT2D eigenvalue weighted by atomic mass is 16.5. The number of hydrogen-bond acceptors (Lipinski definition) is 6. The Morgan fingerprint density at radius 2 is 1.87 bits per heavy atom. The van der Waals surface area contributed by atoms with Crippen molar-refractivity contribution in [3.8, 4) is 0 Å². The van der Waals surface area contributed by atoms with Crippen LogP contribution in [-0.4, -0.2) is 86.1 Å². The Hall–Kier alpha value is -0.240. The molecule has 6 aliphatic rings. The molecule has 170 valence electrons. The van der Waals surface area contributed by atoms with Crippen molar-refractivity contribution in [2.45, 2.75) is 69.0 Å². The van der Waals surface area contributed by atoms with E-state index in [-0.39, 0.29) is 47.6 Å². The van der Waals surface area contributed by atoms with Crippen molar-refractivity contribution in [1.29, 1.82) is 0 Å². The second-order valence-electron chi connectivity index (χ2n) is 11.4. The molecule has 1 spiro atoms. The van der Waals surface area contributed by atoms with Gasteiger partial charge >= 0.3 is 0 Å². The number of rotatable bonds is 5. The fourth-order valence-corrected chi connectivity index (χ4v) is 10.7. The molecule has 2 N–H and O–H groups in total. The SMILES string of the molecule is CCN1C[C@]2(CO)CC[C@H](OC)[C@@]34C5C[C@@H]6[C@@H](OC)C[C@@](O)(C5[C@H]6OC)C(CC23)[C@@H]14. The fraction of sp³-hybridized carbons (Fsp3) is 1.00. The van der Waals surface area contributed by atoms with E-state index in [0.29, 0.717) is 23.8 Å². The van der Waals surface area contributed by atoms with Crippen molar-refractivity contribution in [3.05, 3.63) is 0 Å². The molecule has 1 saturated heterocycles. The van der Waals surface area contributed by atoms with E-state index in [1.807, 2.05) is 14.2 Å². The van der Waals surface area contributed by atoms with Crippen molar-refractivity contribution < 1.29 is 24.4 Å². The van der Waals surface area contributed by atoms with Gasteiger partial charge in [-0.1, -0.05) is 6.92 Å². The minimum atomic E-state index is -0.760. The lowest BCUT2D eigenvalue weighted by Crippen LogP contribution is -2.76. The van der Waals surface area contributed by atoms with Crippen LogP contribution in [0.15, 0.2) is 0 Å². The minimum Gasteiger partial charge on any atom is -0.396 e. The van der Waals surface area contributed by atoms with Crippen LogP contribution in [-0.2, 0) is 14.2 Å². The van der Waals surface area contributed by atoms with E-state index in [2.05, 4.69) is 11.8 Å². The van der Waals surface area contributed by atoms with E-state index in [0.717, 1.165) is 45.2 Å². The van der Waals surface area contributed by atoms with Gasteiger partial charge in [-0.2, -0.15) is 0 Å². The van der Waals surface area contributed by atoms with Gasteiger partial charge in [0.05, 0.1) is 30.5 Å². The molecule has 0 aromatic carbocycles. The lowest BCUT2D eigenvalue weighted by Gasteiger charge is -2.69. The van der Waals surface area contributed by atoms with E-state index in [9.17, 15) is 10.2 Å². The van der Waals surface area contributed by atoms with E-state index in [4.69, 9.17) is 14.2 Å². The van der Waals surface area contributed by atoms with Gasteiger partial charge in [-0.25, -0.2) is 0 Å². The van der Waals surface area contributed by atoms with Crippen molar-refractivity contribution >= 4 is 0 Å². The summed E-state index contributed by atoms with van der Waals surface area (Å²) >= 11 is 0. The first-order valence-corrected chi connectivity index (χ1v) is 12.1. The number of aliphatic hydroxyl groups excluding tert-OH is 1. The number of likely N-dealkylation sites (tertiary alicyclic amines) is 1. The molecule has 30 heavy (non-hydrogen) atoms. The Balaban J connectivity index is 1.59. The maximum atomic E-state index is 12.5. The first-order valence-electron chi connectivity index (χ1n) is 12.1. The summed E-state index contributed by atoms with van der Waals surface area (Å²) < 4.78 is 18.4. The third-order valence-electron chi connectivity index (χ3n) is 11.3. The predicted molar refractivity (Wildman–Crippen MR) is 111 cm³/mol. The van der Waals surface area contributed by atoms with Crippen LogP contribution in [0.2, 0.25) is 0 Å². The molecule has 0 aromatic rings. The third kappa shape index (κ3) is 1.96. The largest absolute Gasteiger partial charge is 0.396 e. The van der Waals surface area contributed by atoms with Crippen molar-refractivity contribution in [1.82, 2.24) is 4.90 Å². The summed E-state index contributed by atoms with van der Waals surface area (Å²) in [5.41, 5.74) is -0.824. The van der Waals surface area contributed by atoms with E-state index >= 15 is 0 Å². The van der Waals surface area contributed by atoms with Crippen molar-refractivity contribution in [2.24, 2.45) is 40.4 Å². The average molecular weight is 422 g/mol. The molecule has 7 bridgehead atoms. The monoisotopic (exact) mass is 421 g/mol. The van der Waals surface area contributed by atoms with Crippen LogP contribution in [0.1, 0.15) is 39.0 Å².